The van der Waals surface area contributed by atoms with Gasteiger partial charge in [0.15, 0.2) is 6.61 Å². The molecule has 0 bridgehead atoms. The molecular formula is C22H24N4O4. The van der Waals surface area contributed by atoms with E-state index in [-0.39, 0.29) is 18.6 Å². The summed E-state index contributed by atoms with van der Waals surface area (Å²) in [5.74, 6) is 2.34. The van der Waals surface area contributed by atoms with Crippen LogP contribution in [-0.2, 0) is 30.9 Å². The number of benzene rings is 2. The number of hydrogen-bond donors (Lipinski definition) is 1. The van der Waals surface area contributed by atoms with Crippen molar-refractivity contribution in [3.63, 3.8) is 0 Å². The van der Waals surface area contributed by atoms with E-state index in [1.54, 1.807) is 14.2 Å². The van der Waals surface area contributed by atoms with Gasteiger partial charge in [-0.1, -0.05) is 29.4 Å². The van der Waals surface area contributed by atoms with E-state index >= 15 is 0 Å². The SMILES string of the molecule is CNC(=O)[C@@H]1Cc2ccccc2CN1Cc1nc(COc2ccc(OC)cc2)no1. The van der Waals surface area contributed by atoms with Gasteiger partial charge in [0.2, 0.25) is 17.6 Å². The zero-order valence-electron chi connectivity index (χ0n) is 17.0. The van der Waals surface area contributed by atoms with Crippen LogP contribution < -0.4 is 14.8 Å². The number of hydrogen-bond acceptors (Lipinski definition) is 7. The van der Waals surface area contributed by atoms with Gasteiger partial charge in [0, 0.05) is 13.6 Å². The van der Waals surface area contributed by atoms with Crippen LogP contribution in [0.4, 0.5) is 0 Å². The average molecular weight is 408 g/mol. The molecule has 0 unspecified atom stereocenters. The Balaban J connectivity index is 1.41. The number of fused-ring (bicyclic) bond motifs is 1. The molecule has 8 heteroatoms. The fraction of sp³-hybridized carbons (Fsp3) is 0.318. The molecule has 1 aliphatic heterocycles. The topological polar surface area (TPSA) is 89.7 Å². The number of aromatic nitrogens is 2. The highest BCUT2D eigenvalue weighted by Crippen LogP contribution is 2.25. The molecule has 1 atom stereocenters. The molecule has 0 aliphatic carbocycles. The number of nitrogens with zero attached hydrogens (tertiary/aromatic N) is 3. The number of ether oxygens (including phenoxy) is 2. The molecule has 4 rings (SSSR count). The van der Waals surface area contributed by atoms with Crippen LogP contribution in [0.15, 0.2) is 53.1 Å². The number of nitrogens with one attached hydrogen (secondary N) is 1. The zero-order valence-corrected chi connectivity index (χ0v) is 17.0. The number of carbonyl (C=O) groups excluding carboxylic acids is 1. The lowest BCUT2D eigenvalue weighted by Gasteiger charge is -2.34. The van der Waals surface area contributed by atoms with Crippen molar-refractivity contribution < 1.29 is 18.8 Å². The van der Waals surface area contributed by atoms with Gasteiger partial charge in [0.1, 0.15) is 11.5 Å². The lowest BCUT2D eigenvalue weighted by molar-refractivity contribution is -0.127. The number of amides is 1. The minimum absolute atomic E-state index is 0.0212. The molecular weight excluding hydrogens is 384 g/mol. The molecule has 8 nitrogen and oxygen atoms in total. The Morgan fingerprint density at radius 3 is 2.63 bits per heavy atom. The van der Waals surface area contributed by atoms with Crippen LogP contribution in [0.2, 0.25) is 0 Å². The van der Waals surface area contributed by atoms with E-state index < -0.39 is 0 Å². The molecule has 0 radical (unpaired) electrons. The molecule has 1 N–H and O–H groups in total. The molecule has 1 amide bonds. The third kappa shape index (κ3) is 4.44. The van der Waals surface area contributed by atoms with Crippen molar-refractivity contribution in [1.82, 2.24) is 20.4 Å². The Labute approximate surface area is 174 Å². The van der Waals surface area contributed by atoms with E-state index in [0.29, 0.717) is 37.0 Å². The van der Waals surface area contributed by atoms with Crippen molar-refractivity contribution in [3.8, 4) is 11.5 Å². The van der Waals surface area contributed by atoms with E-state index in [0.717, 1.165) is 5.75 Å². The molecule has 1 aliphatic rings. The first-order valence-corrected chi connectivity index (χ1v) is 9.77. The smallest absolute Gasteiger partial charge is 0.240 e. The summed E-state index contributed by atoms with van der Waals surface area (Å²) in [4.78, 5) is 18.9. The standard InChI is InChI=1S/C22H24N4O4/c1-23-22(27)19-11-15-5-3-4-6-16(15)12-26(19)13-21-24-20(25-30-21)14-29-18-9-7-17(28-2)8-10-18/h3-10,19H,11-14H2,1-2H3,(H,23,27)/t19-/m0/s1. The summed E-state index contributed by atoms with van der Waals surface area (Å²) < 4.78 is 16.2. The molecule has 2 aromatic carbocycles. The maximum atomic E-state index is 12.4. The highest BCUT2D eigenvalue weighted by molar-refractivity contribution is 5.82. The second kappa shape index (κ2) is 8.96. The maximum Gasteiger partial charge on any atom is 0.240 e. The van der Waals surface area contributed by atoms with E-state index in [2.05, 4.69) is 32.5 Å². The van der Waals surface area contributed by atoms with Crippen LogP contribution >= 0.6 is 0 Å². The van der Waals surface area contributed by atoms with Gasteiger partial charge < -0.3 is 19.3 Å². The van der Waals surface area contributed by atoms with Gasteiger partial charge in [-0.25, -0.2) is 0 Å². The molecule has 0 spiro atoms. The highest BCUT2D eigenvalue weighted by Gasteiger charge is 2.32. The van der Waals surface area contributed by atoms with Crippen LogP contribution in [0.5, 0.6) is 11.5 Å². The Hall–Kier alpha value is -3.39. The van der Waals surface area contributed by atoms with E-state index in [9.17, 15) is 4.79 Å². The molecule has 1 aromatic heterocycles. The van der Waals surface area contributed by atoms with Crippen molar-refractivity contribution >= 4 is 5.91 Å². The van der Waals surface area contributed by atoms with Crippen LogP contribution in [-0.4, -0.2) is 41.1 Å². The number of likely N-dealkylation sites (N-methyl/N-ethyl adjacent to an activating group) is 1. The monoisotopic (exact) mass is 408 g/mol. The molecule has 3 aromatic rings. The van der Waals surface area contributed by atoms with Gasteiger partial charge in [-0.05, 0) is 41.8 Å². The summed E-state index contributed by atoms with van der Waals surface area (Å²) in [6.45, 7) is 1.23. The zero-order chi connectivity index (χ0) is 20.9. The molecule has 156 valence electrons. The fourth-order valence-corrected chi connectivity index (χ4v) is 3.58. The van der Waals surface area contributed by atoms with Crippen LogP contribution in [0.3, 0.4) is 0 Å². The lowest BCUT2D eigenvalue weighted by Crippen LogP contribution is -2.49. The predicted octanol–water partition coefficient (Wildman–Crippen LogP) is 2.33. The predicted molar refractivity (Wildman–Crippen MR) is 109 cm³/mol. The Morgan fingerprint density at radius 1 is 1.17 bits per heavy atom. The normalized spacial score (nSPS) is 16.0. The van der Waals surface area contributed by atoms with Crippen LogP contribution in [0.25, 0.3) is 0 Å². The summed E-state index contributed by atoms with van der Waals surface area (Å²) in [7, 11) is 3.27. The first-order chi connectivity index (χ1) is 14.7. The number of carbonyl (C=O) groups is 1. The summed E-state index contributed by atoms with van der Waals surface area (Å²) in [6, 6.07) is 15.2. The van der Waals surface area contributed by atoms with Gasteiger partial charge in [0.25, 0.3) is 0 Å². The van der Waals surface area contributed by atoms with Crippen LogP contribution in [0, 0.1) is 0 Å². The summed E-state index contributed by atoms with van der Waals surface area (Å²) in [5, 5.41) is 6.76. The third-order valence-electron chi connectivity index (χ3n) is 5.17. The Kier molecular flexibility index (Phi) is 5.94. The summed E-state index contributed by atoms with van der Waals surface area (Å²) in [5.41, 5.74) is 2.40. The van der Waals surface area contributed by atoms with Crippen LogP contribution in [0.1, 0.15) is 22.8 Å². The first kappa shape index (κ1) is 19.9. The van der Waals surface area contributed by atoms with Crippen molar-refractivity contribution in [1.29, 1.82) is 0 Å². The molecule has 30 heavy (non-hydrogen) atoms. The largest absolute Gasteiger partial charge is 0.497 e. The number of rotatable bonds is 7. The second-order valence-corrected chi connectivity index (χ2v) is 7.08. The van der Waals surface area contributed by atoms with Crippen molar-refractivity contribution in [2.75, 3.05) is 14.2 Å². The summed E-state index contributed by atoms with van der Waals surface area (Å²) in [6.07, 6.45) is 0.650. The number of methoxy groups -OCH3 is 1. The van der Waals surface area contributed by atoms with Crippen molar-refractivity contribution in [2.45, 2.75) is 32.2 Å². The molecule has 0 saturated heterocycles. The van der Waals surface area contributed by atoms with Crippen molar-refractivity contribution in [2.24, 2.45) is 0 Å². The van der Waals surface area contributed by atoms with Gasteiger partial charge in [0.05, 0.1) is 19.7 Å². The minimum Gasteiger partial charge on any atom is -0.497 e. The maximum absolute atomic E-state index is 12.4. The second-order valence-electron chi connectivity index (χ2n) is 7.08. The Bertz CT molecular complexity index is 1000. The van der Waals surface area contributed by atoms with E-state index in [1.165, 1.54) is 11.1 Å². The highest BCUT2D eigenvalue weighted by atomic mass is 16.5. The quantitative estimate of drug-likeness (QED) is 0.642. The van der Waals surface area contributed by atoms with Gasteiger partial charge in [-0.3, -0.25) is 9.69 Å². The average Bonchev–Trinajstić information content (AvgIpc) is 3.24. The van der Waals surface area contributed by atoms with E-state index in [4.69, 9.17) is 14.0 Å². The Morgan fingerprint density at radius 2 is 1.90 bits per heavy atom. The molecule has 0 fully saturated rings. The third-order valence-corrected chi connectivity index (χ3v) is 5.17. The molecule has 2 heterocycles. The van der Waals surface area contributed by atoms with Gasteiger partial charge in [-0.2, -0.15) is 4.98 Å². The first-order valence-electron chi connectivity index (χ1n) is 9.77. The fourth-order valence-electron chi connectivity index (χ4n) is 3.58. The summed E-state index contributed by atoms with van der Waals surface area (Å²) >= 11 is 0. The molecule has 0 saturated carbocycles. The van der Waals surface area contributed by atoms with Gasteiger partial charge in [-0.15, -0.1) is 0 Å². The van der Waals surface area contributed by atoms with Gasteiger partial charge >= 0.3 is 0 Å². The van der Waals surface area contributed by atoms with Crippen molar-refractivity contribution in [3.05, 3.63) is 71.4 Å². The lowest BCUT2D eigenvalue weighted by atomic mass is 9.93. The van der Waals surface area contributed by atoms with E-state index in [1.807, 2.05) is 36.4 Å². The minimum atomic E-state index is -0.282.